The number of hydrogen-bond donors (Lipinski definition) is 1. The van der Waals surface area contributed by atoms with Crippen LogP contribution in [0.2, 0.25) is 0 Å². The number of hydrogen-bond acceptors (Lipinski definition) is 2. The molecule has 0 bridgehead atoms. The van der Waals surface area contributed by atoms with Crippen molar-refractivity contribution in [3.8, 4) is 11.1 Å². The molecular formula is C27H20N2OS. The van der Waals surface area contributed by atoms with Crippen LogP contribution in [-0.4, -0.2) is 10.6 Å². The Kier molecular flexibility index (Phi) is 5.29. The molecule has 1 aromatic heterocycles. The Balaban J connectivity index is 1.42. The number of benzene rings is 4. The largest absolute Gasteiger partial charge is 0.270 e. The smallest absolute Gasteiger partial charge is 0.267 e. The van der Waals surface area contributed by atoms with Crippen molar-refractivity contribution in [1.82, 2.24) is 4.68 Å². The van der Waals surface area contributed by atoms with Crippen molar-refractivity contribution >= 4 is 28.6 Å². The minimum atomic E-state index is -0.134. The van der Waals surface area contributed by atoms with E-state index in [0.29, 0.717) is 5.56 Å². The Morgan fingerprint density at radius 3 is 2.03 bits per heavy atom. The lowest BCUT2D eigenvalue weighted by atomic mass is 10.1. The Labute approximate surface area is 185 Å². The van der Waals surface area contributed by atoms with Gasteiger partial charge in [-0.05, 0) is 41.5 Å². The normalized spacial score (nSPS) is 10.8. The zero-order valence-corrected chi connectivity index (χ0v) is 17.5. The highest BCUT2D eigenvalue weighted by atomic mass is 32.2. The fourth-order valence-electron chi connectivity index (χ4n) is 3.56. The minimum Gasteiger partial charge on any atom is -0.267 e. The van der Waals surface area contributed by atoms with Gasteiger partial charge in [0, 0.05) is 26.9 Å². The molecule has 0 fully saturated rings. The van der Waals surface area contributed by atoms with Crippen LogP contribution < -0.4 is 5.43 Å². The number of para-hydroxylation sites is 1. The summed E-state index contributed by atoms with van der Waals surface area (Å²) < 4.78 is 1.81. The first-order chi connectivity index (χ1) is 15.3. The summed E-state index contributed by atoms with van der Waals surface area (Å²) in [7, 11) is 0. The van der Waals surface area contributed by atoms with Crippen LogP contribution in [0.25, 0.3) is 22.0 Å². The molecule has 0 atom stereocenters. The number of rotatable bonds is 5. The summed E-state index contributed by atoms with van der Waals surface area (Å²) in [6, 6.07) is 36.3. The summed E-state index contributed by atoms with van der Waals surface area (Å²) in [5.41, 5.74) is 7.01. The van der Waals surface area contributed by atoms with Crippen LogP contribution in [0, 0.1) is 0 Å². The zero-order chi connectivity index (χ0) is 21.0. The van der Waals surface area contributed by atoms with E-state index in [1.54, 1.807) is 11.8 Å². The molecule has 4 aromatic carbocycles. The molecule has 150 valence electrons. The molecule has 1 N–H and O–H groups in total. The minimum absolute atomic E-state index is 0.134. The second-order valence-corrected chi connectivity index (χ2v) is 8.30. The highest BCUT2D eigenvalue weighted by Gasteiger charge is 2.12. The van der Waals surface area contributed by atoms with Crippen molar-refractivity contribution in [3.63, 3.8) is 0 Å². The van der Waals surface area contributed by atoms with Gasteiger partial charge in [-0.1, -0.05) is 90.6 Å². The van der Waals surface area contributed by atoms with Crippen LogP contribution in [0.3, 0.4) is 0 Å². The van der Waals surface area contributed by atoms with Crippen molar-refractivity contribution < 1.29 is 4.79 Å². The predicted octanol–water partition coefficient (Wildman–Crippen LogP) is 6.84. The summed E-state index contributed by atoms with van der Waals surface area (Å²) >= 11 is 1.69. The average molecular weight is 421 g/mol. The zero-order valence-electron chi connectivity index (χ0n) is 16.7. The van der Waals surface area contributed by atoms with E-state index >= 15 is 0 Å². The van der Waals surface area contributed by atoms with E-state index in [1.165, 1.54) is 11.1 Å². The van der Waals surface area contributed by atoms with Gasteiger partial charge in [0.25, 0.3) is 5.91 Å². The molecule has 5 aromatic rings. The van der Waals surface area contributed by atoms with Crippen molar-refractivity contribution in [3.05, 3.63) is 121 Å². The molecule has 0 aliphatic carbocycles. The lowest BCUT2D eigenvalue weighted by molar-refractivity contribution is 0.101. The quantitative estimate of drug-likeness (QED) is 0.338. The van der Waals surface area contributed by atoms with Gasteiger partial charge in [-0.15, -0.1) is 0 Å². The number of aromatic nitrogens is 1. The molecule has 5 rings (SSSR count). The summed E-state index contributed by atoms with van der Waals surface area (Å²) in [6.07, 6.45) is 1.99. The topological polar surface area (TPSA) is 34.0 Å². The van der Waals surface area contributed by atoms with Gasteiger partial charge in [0.2, 0.25) is 0 Å². The number of nitrogens with one attached hydrogen (secondary N) is 1. The van der Waals surface area contributed by atoms with E-state index in [4.69, 9.17) is 0 Å². The molecule has 0 spiro atoms. The second-order valence-electron chi connectivity index (χ2n) is 7.18. The van der Waals surface area contributed by atoms with Crippen molar-refractivity contribution in [2.45, 2.75) is 9.79 Å². The second kappa shape index (κ2) is 8.54. The molecule has 0 aliphatic rings. The maximum Gasteiger partial charge on any atom is 0.270 e. The third kappa shape index (κ3) is 4.11. The molecule has 0 saturated carbocycles. The molecule has 0 saturated heterocycles. The molecule has 0 radical (unpaired) electrons. The predicted molar refractivity (Wildman–Crippen MR) is 128 cm³/mol. The van der Waals surface area contributed by atoms with Crippen LogP contribution >= 0.6 is 11.8 Å². The fraction of sp³-hybridized carbons (Fsp3) is 0. The highest BCUT2D eigenvalue weighted by Crippen LogP contribution is 2.35. The number of amides is 1. The van der Waals surface area contributed by atoms with Gasteiger partial charge in [0.1, 0.15) is 0 Å². The lowest BCUT2D eigenvalue weighted by Gasteiger charge is -2.07. The Bertz CT molecular complexity index is 1330. The van der Waals surface area contributed by atoms with Gasteiger partial charge in [-0.25, -0.2) is 0 Å². The summed E-state index contributed by atoms with van der Waals surface area (Å²) in [5.74, 6) is -0.134. The van der Waals surface area contributed by atoms with Crippen LogP contribution in [0.4, 0.5) is 0 Å². The Morgan fingerprint density at radius 1 is 0.677 bits per heavy atom. The molecule has 3 nitrogen and oxygen atoms in total. The third-order valence-corrected chi connectivity index (χ3v) is 6.18. The first-order valence-electron chi connectivity index (χ1n) is 10.1. The molecule has 0 aliphatic heterocycles. The molecule has 1 heterocycles. The van der Waals surface area contributed by atoms with E-state index in [0.717, 1.165) is 20.7 Å². The summed E-state index contributed by atoms with van der Waals surface area (Å²) in [5, 5.41) is 1.10. The first kappa shape index (κ1) is 19.2. The lowest BCUT2D eigenvalue weighted by Crippen LogP contribution is -2.21. The van der Waals surface area contributed by atoms with E-state index in [2.05, 4.69) is 60.0 Å². The SMILES string of the molecule is O=C(Nn1cc(Sc2ccc(-c3ccccc3)cc2)c2ccccc21)c1ccccc1. The van der Waals surface area contributed by atoms with Crippen LogP contribution in [0.1, 0.15) is 10.4 Å². The molecule has 0 unspecified atom stereocenters. The first-order valence-corrected chi connectivity index (χ1v) is 10.9. The Morgan fingerprint density at radius 2 is 1.29 bits per heavy atom. The maximum absolute atomic E-state index is 12.7. The highest BCUT2D eigenvalue weighted by molar-refractivity contribution is 7.99. The van der Waals surface area contributed by atoms with Crippen LogP contribution in [-0.2, 0) is 0 Å². The van der Waals surface area contributed by atoms with Gasteiger partial charge in [0.15, 0.2) is 0 Å². The van der Waals surface area contributed by atoms with Gasteiger partial charge in [-0.2, -0.15) is 0 Å². The van der Waals surface area contributed by atoms with E-state index < -0.39 is 0 Å². The number of nitrogens with zero attached hydrogens (tertiary/aromatic N) is 1. The van der Waals surface area contributed by atoms with E-state index in [9.17, 15) is 4.79 Å². The molecule has 1 amide bonds. The summed E-state index contributed by atoms with van der Waals surface area (Å²) in [6.45, 7) is 0. The maximum atomic E-state index is 12.7. The van der Waals surface area contributed by atoms with Crippen LogP contribution in [0.5, 0.6) is 0 Å². The fourth-order valence-corrected chi connectivity index (χ4v) is 4.53. The van der Waals surface area contributed by atoms with E-state index in [1.807, 2.05) is 65.5 Å². The van der Waals surface area contributed by atoms with Crippen molar-refractivity contribution in [2.75, 3.05) is 5.43 Å². The Hall–Kier alpha value is -3.76. The van der Waals surface area contributed by atoms with E-state index in [-0.39, 0.29) is 5.91 Å². The van der Waals surface area contributed by atoms with Crippen molar-refractivity contribution in [2.24, 2.45) is 0 Å². The average Bonchev–Trinajstić information content (AvgIpc) is 3.18. The van der Waals surface area contributed by atoms with Gasteiger partial charge in [0.05, 0.1) is 5.52 Å². The van der Waals surface area contributed by atoms with Gasteiger partial charge in [-0.3, -0.25) is 14.9 Å². The standard InChI is InChI=1S/C27H20N2OS/c30-27(22-11-5-2-6-12-22)28-29-19-26(24-13-7-8-14-25(24)29)31-23-17-15-21(16-18-23)20-9-3-1-4-10-20/h1-19H,(H,28,30). The molecule has 31 heavy (non-hydrogen) atoms. The van der Waals surface area contributed by atoms with Gasteiger partial charge < -0.3 is 0 Å². The monoisotopic (exact) mass is 420 g/mol. The number of fused-ring (bicyclic) bond motifs is 1. The molecule has 4 heteroatoms. The number of carbonyl (C=O) groups is 1. The number of carbonyl (C=O) groups excluding carboxylic acids is 1. The van der Waals surface area contributed by atoms with Crippen LogP contribution in [0.15, 0.2) is 125 Å². The third-order valence-electron chi connectivity index (χ3n) is 5.12. The molecular weight excluding hydrogens is 400 g/mol. The van der Waals surface area contributed by atoms with Gasteiger partial charge >= 0.3 is 0 Å². The summed E-state index contributed by atoms with van der Waals surface area (Å²) in [4.78, 5) is 14.9. The van der Waals surface area contributed by atoms with Crippen molar-refractivity contribution in [1.29, 1.82) is 0 Å².